The van der Waals surface area contributed by atoms with Crippen molar-refractivity contribution in [2.45, 2.75) is 13.0 Å². The van der Waals surface area contributed by atoms with Crippen molar-refractivity contribution in [2.75, 3.05) is 0 Å². The van der Waals surface area contributed by atoms with Crippen molar-refractivity contribution in [3.8, 4) is 0 Å². The summed E-state index contributed by atoms with van der Waals surface area (Å²) in [6.07, 6.45) is 4.68. The van der Waals surface area contributed by atoms with Gasteiger partial charge in [0.2, 0.25) is 5.91 Å². The second-order valence-corrected chi connectivity index (χ2v) is 5.05. The van der Waals surface area contributed by atoms with E-state index < -0.39 is 0 Å². The van der Waals surface area contributed by atoms with Crippen molar-refractivity contribution in [3.05, 3.63) is 64.5 Å². The second kappa shape index (κ2) is 6.38. The van der Waals surface area contributed by atoms with Gasteiger partial charge in [-0.15, -0.1) is 0 Å². The maximum Gasteiger partial charge on any atom is 0.244 e. The first-order valence-electron chi connectivity index (χ1n) is 5.93. The molecule has 0 aliphatic rings. The average molecular weight is 320 g/mol. The van der Waals surface area contributed by atoms with E-state index in [2.05, 4.69) is 21.2 Å². The zero-order valence-corrected chi connectivity index (χ0v) is 12.1. The summed E-state index contributed by atoms with van der Waals surface area (Å²) in [5.74, 6) is 0.508. The predicted molar refractivity (Wildman–Crippen MR) is 78.4 cm³/mol. The van der Waals surface area contributed by atoms with Crippen LogP contribution in [-0.4, -0.2) is 5.91 Å². The van der Waals surface area contributed by atoms with Crippen molar-refractivity contribution in [1.29, 1.82) is 0 Å². The van der Waals surface area contributed by atoms with Gasteiger partial charge in [-0.05, 0) is 42.8 Å². The molecular formula is C15H14BrNO2. The summed E-state index contributed by atoms with van der Waals surface area (Å²) in [5, 5.41) is 2.90. The van der Waals surface area contributed by atoms with E-state index in [-0.39, 0.29) is 11.9 Å². The molecule has 4 heteroatoms. The van der Waals surface area contributed by atoms with Crippen LogP contribution >= 0.6 is 15.9 Å². The fraction of sp³-hybridized carbons (Fsp3) is 0.133. The number of rotatable bonds is 4. The van der Waals surface area contributed by atoms with E-state index >= 15 is 0 Å². The third-order valence-corrected chi connectivity index (χ3v) is 3.14. The fourth-order valence-electron chi connectivity index (χ4n) is 1.66. The van der Waals surface area contributed by atoms with Crippen LogP contribution in [-0.2, 0) is 4.79 Å². The van der Waals surface area contributed by atoms with Gasteiger partial charge in [0.15, 0.2) is 0 Å². The Hall–Kier alpha value is -1.81. The zero-order valence-electron chi connectivity index (χ0n) is 10.5. The third kappa shape index (κ3) is 4.10. The Morgan fingerprint density at radius 1 is 1.37 bits per heavy atom. The minimum Gasteiger partial charge on any atom is -0.465 e. The van der Waals surface area contributed by atoms with Gasteiger partial charge in [0.1, 0.15) is 5.76 Å². The molecule has 1 atom stereocenters. The second-order valence-electron chi connectivity index (χ2n) is 4.13. The van der Waals surface area contributed by atoms with Crippen LogP contribution in [0.4, 0.5) is 0 Å². The fourth-order valence-corrected chi connectivity index (χ4v) is 2.08. The SMILES string of the molecule is CC(NC(=O)C=Cc1ccco1)c1cccc(Br)c1. The van der Waals surface area contributed by atoms with Gasteiger partial charge in [0.25, 0.3) is 0 Å². The summed E-state index contributed by atoms with van der Waals surface area (Å²) in [4.78, 5) is 11.8. The molecule has 0 fully saturated rings. The summed E-state index contributed by atoms with van der Waals surface area (Å²) < 4.78 is 6.11. The van der Waals surface area contributed by atoms with Crippen molar-refractivity contribution in [3.63, 3.8) is 0 Å². The first-order chi connectivity index (χ1) is 9.15. The molecule has 1 amide bonds. The standard InChI is InChI=1S/C15H14BrNO2/c1-11(12-4-2-5-13(16)10-12)17-15(18)8-7-14-6-3-9-19-14/h2-11H,1H3,(H,17,18). The molecule has 1 heterocycles. The number of hydrogen-bond acceptors (Lipinski definition) is 2. The van der Waals surface area contributed by atoms with Gasteiger partial charge in [-0.25, -0.2) is 0 Å². The molecule has 2 rings (SSSR count). The largest absolute Gasteiger partial charge is 0.465 e. The van der Waals surface area contributed by atoms with Gasteiger partial charge in [0, 0.05) is 10.5 Å². The lowest BCUT2D eigenvalue weighted by Gasteiger charge is -2.13. The molecule has 0 spiro atoms. The van der Waals surface area contributed by atoms with Crippen LogP contribution < -0.4 is 5.32 Å². The molecule has 98 valence electrons. The number of carbonyl (C=O) groups excluding carboxylic acids is 1. The van der Waals surface area contributed by atoms with Crippen LogP contribution in [0.5, 0.6) is 0 Å². The van der Waals surface area contributed by atoms with Crippen LogP contribution in [0.1, 0.15) is 24.3 Å². The highest BCUT2D eigenvalue weighted by Crippen LogP contribution is 2.17. The zero-order chi connectivity index (χ0) is 13.7. The Bertz CT molecular complexity index is 576. The lowest BCUT2D eigenvalue weighted by molar-refractivity contribution is -0.117. The highest BCUT2D eigenvalue weighted by Gasteiger charge is 2.07. The summed E-state index contributed by atoms with van der Waals surface area (Å²) in [5.41, 5.74) is 1.05. The Labute approximate surface area is 120 Å². The predicted octanol–water partition coefficient (Wildman–Crippen LogP) is 3.93. The maximum absolute atomic E-state index is 11.8. The number of benzene rings is 1. The molecule has 1 aromatic heterocycles. The summed E-state index contributed by atoms with van der Waals surface area (Å²) in [6.45, 7) is 1.94. The third-order valence-electron chi connectivity index (χ3n) is 2.65. The Balaban J connectivity index is 1.95. The van der Waals surface area contributed by atoms with Crippen molar-refractivity contribution in [1.82, 2.24) is 5.32 Å². The topological polar surface area (TPSA) is 42.2 Å². The molecule has 0 saturated carbocycles. The van der Waals surface area contributed by atoms with Crippen molar-refractivity contribution in [2.24, 2.45) is 0 Å². The normalized spacial score (nSPS) is 12.5. The van der Waals surface area contributed by atoms with Crippen LogP contribution in [0.25, 0.3) is 6.08 Å². The molecule has 1 unspecified atom stereocenters. The van der Waals surface area contributed by atoms with Gasteiger partial charge in [-0.1, -0.05) is 28.1 Å². The molecule has 0 saturated heterocycles. The van der Waals surface area contributed by atoms with Crippen molar-refractivity contribution < 1.29 is 9.21 Å². The molecule has 0 aliphatic heterocycles. The van der Waals surface area contributed by atoms with E-state index in [4.69, 9.17) is 4.42 Å². The van der Waals surface area contributed by atoms with E-state index in [0.29, 0.717) is 5.76 Å². The Morgan fingerprint density at radius 2 is 2.21 bits per heavy atom. The summed E-state index contributed by atoms with van der Waals surface area (Å²) in [7, 11) is 0. The van der Waals surface area contributed by atoms with Gasteiger partial charge in [-0.3, -0.25) is 4.79 Å². The first kappa shape index (κ1) is 13.6. The van der Waals surface area contributed by atoms with E-state index in [1.54, 1.807) is 24.5 Å². The molecule has 0 radical (unpaired) electrons. The van der Waals surface area contributed by atoms with E-state index in [0.717, 1.165) is 10.0 Å². The van der Waals surface area contributed by atoms with Crippen LogP contribution in [0.15, 0.2) is 57.6 Å². The Kier molecular flexibility index (Phi) is 4.58. The number of furan rings is 1. The minimum absolute atomic E-state index is 0.0498. The van der Waals surface area contributed by atoms with E-state index in [1.165, 1.54) is 6.08 Å². The number of carbonyl (C=O) groups is 1. The quantitative estimate of drug-likeness (QED) is 0.867. The highest BCUT2D eigenvalue weighted by atomic mass is 79.9. The molecule has 19 heavy (non-hydrogen) atoms. The van der Waals surface area contributed by atoms with Crippen LogP contribution in [0, 0.1) is 0 Å². The lowest BCUT2D eigenvalue weighted by atomic mass is 10.1. The van der Waals surface area contributed by atoms with Gasteiger partial charge in [0.05, 0.1) is 12.3 Å². The van der Waals surface area contributed by atoms with Gasteiger partial charge < -0.3 is 9.73 Å². The first-order valence-corrected chi connectivity index (χ1v) is 6.72. The number of hydrogen-bond donors (Lipinski definition) is 1. The summed E-state index contributed by atoms with van der Waals surface area (Å²) >= 11 is 3.41. The smallest absolute Gasteiger partial charge is 0.244 e. The molecule has 0 aliphatic carbocycles. The van der Waals surface area contributed by atoms with Crippen LogP contribution in [0.3, 0.4) is 0 Å². The summed E-state index contributed by atoms with van der Waals surface area (Å²) in [6, 6.07) is 11.4. The molecule has 1 N–H and O–H groups in total. The van der Waals surface area contributed by atoms with Crippen LogP contribution in [0.2, 0.25) is 0 Å². The highest BCUT2D eigenvalue weighted by molar-refractivity contribution is 9.10. The molecule has 3 nitrogen and oxygen atoms in total. The molecule has 0 bridgehead atoms. The monoisotopic (exact) mass is 319 g/mol. The van der Waals surface area contributed by atoms with Gasteiger partial charge in [-0.2, -0.15) is 0 Å². The van der Waals surface area contributed by atoms with E-state index in [9.17, 15) is 4.79 Å². The molecular weight excluding hydrogens is 306 g/mol. The molecule has 1 aromatic carbocycles. The number of amides is 1. The lowest BCUT2D eigenvalue weighted by Crippen LogP contribution is -2.24. The number of nitrogens with one attached hydrogen (secondary N) is 1. The maximum atomic E-state index is 11.8. The average Bonchev–Trinajstić information content (AvgIpc) is 2.89. The minimum atomic E-state index is -0.149. The Morgan fingerprint density at radius 3 is 2.89 bits per heavy atom. The van der Waals surface area contributed by atoms with E-state index in [1.807, 2.05) is 31.2 Å². The number of halogens is 1. The van der Waals surface area contributed by atoms with Crippen molar-refractivity contribution >= 4 is 27.9 Å². The molecule has 2 aromatic rings. The van der Waals surface area contributed by atoms with Gasteiger partial charge >= 0.3 is 0 Å².